The topological polar surface area (TPSA) is 80.2 Å². The molecule has 1 aromatic carbocycles. The number of aromatic nitrogens is 4. The first-order valence-corrected chi connectivity index (χ1v) is 10.6. The van der Waals surface area contributed by atoms with E-state index in [9.17, 15) is 0 Å². The molecule has 0 amide bonds. The van der Waals surface area contributed by atoms with Crippen molar-refractivity contribution < 1.29 is 24.0 Å². The van der Waals surface area contributed by atoms with Crippen molar-refractivity contribution in [1.82, 2.24) is 20.2 Å². The Morgan fingerprint density at radius 3 is 2.79 bits per heavy atom. The molecule has 1 atom stereocenters. The Bertz CT molecular complexity index is 790. The van der Waals surface area contributed by atoms with Gasteiger partial charge in [0.1, 0.15) is 38.8 Å². The summed E-state index contributed by atoms with van der Waals surface area (Å²) in [5.74, 6) is 2.72. The number of methoxy groups -OCH3 is 1. The summed E-state index contributed by atoms with van der Waals surface area (Å²) in [5, 5.41) is 12.5. The number of quaternary nitrogens is 2. The quantitative estimate of drug-likeness (QED) is 0.551. The van der Waals surface area contributed by atoms with Crippen molar-refractivity contribution >= 4 is 0 Å². The highest BCUT2D eigenvalue weighted by Crippen LogP contribution is 2.32. The van der Waals surface area contributed by atoms with Crippen LogP contribution in [0.3, 0.4) is 0 Å². The number of hydrogen-bond donors (Lipinski definition) is 2. The van der Waals surface area contributed by atoms with E-state index in [1.54, 1.807) is 16.9 Å². The number of nitrogens with zero attached hydrogens (tertiary/aromatic N) is 4. The molecular formula is C20H32N6O3+2. The maximum Gasteiger partial charge on any atom is 0.231 e. The monoisotopic (exact) mass is 404 g/mol. The van der Waals surface area contributed by atoms with E-state index in [4.69, 9.17) is 14.2 Å². The molecule has 1 aromatic heterocycles. The van der Waals surface area contributed by atoms with Crippen LogP contribution >= 0.6 is 0 Å². The van der Waals surface area contributed by atoms with E-state index in [0.717, 1.165) is 62.9 Å². The minimum Gasteiger partial charge on any atom is -0.454 e. The average molecular weight is 405 g/mol. The Morgan fingerprint density at radius 2 is 2.00 bits per heavy atom. The molecule has 0 unspecified atom stereocenters. The number of hydrogen-bond acceptors (Lipinski definition) is 6. The highest BCUT2D eigenvalue weighted by molar-refractivity contribution is 5.44. The van der Waals surface area contributed by atoms with Crippen LogP contribution < -0.4 is 19.3 Å². The van der Waals surface area contributed by atoms with E-state index in [1.807, 2.05) is 10.7 Å². The zero-order valence-electron chi connectivity index (χ0n) is 17.4. The van der Waals surface area contributed by atoms with Crippen molar-refractivity contribution in [1.29, 1.82) is 0 Å². The van der Waals surface area contributed by atoms with Gasteiger partial charge in [0, 0.05) is 19.1 Å². The van der Waals surface area contributed by atoms with Crippen LogP contribution in [0.15, 0.2) is 18.2 Å². The largest absolute Gasteiger partial charge is 0.454 e. The van der Waals surface area contributed by atoms with Gasteiger partial charge in [-0.1, -0.05) is 13.3 Å². The molecular weight excluding hydrogens is 372 g/mol. The van der Waals surface area contributed by atoms with Crippen LogP contribution in [-0.2, 0) is 17.8 Å². The van der Waals surface area contributed by atoms with Gasteiger partial charge >= 0.3 is 0 Å². The van der Waals surface area contributed by atoms with Crippen molar-refractivity contribution in [2.45, 2.75) is 38.9 Å². The lowest BCUT2D eigenvalue weighted by Gasteiger charge is -2.34. The molecule has 4 rings (SSSR count). The Hall–Kier alpha value is -2.23. The van der Waals surface area contributed by atoms with E-state index < -0.39 is 0 Å². The van der Waals surface area contributed by atoms with Crippen LogP contribution in [0.5, 0.6) is 11.5 Å². The third kappa shape index (κ3) is 4.68. The second-order valence-electron chi connectivity index (χ2n) is 7.87. The summed E-state index contributed by atoms with van der Waals surface area (Å²) in [6.07, 6.45) is 2.22. The van der Waals surface area contributed by atoms with Gasteiger partial charge in [0.25, 0.3) is 0 Å². The van der Waals surface area contributed by atoms with E-state index in [1.165, 1.54) is 5.56 Å². The van der Waals surface area contributed by atoms with Gasteiger partial charge in [-0.05, 0) is 28.6 Å². The Balaban J connectivity index is 1.36. The molecule has 0 spiro atoms. The summed E-state index contributed by atoms with van der Waals surface area (Å²) in [7, 11) is 1.71. The average Bonchev–Trinajstić information content (AvgIpc) is 3.40. The van der Waals surface area contributed by atoms with Crippen molar-refractivity contribution in [3.63, 3.8) is 0 Å². The van der Waals surface area contributed by atoms with Crippen molar-refractivity contribution in [2.75, 3.05) is 46.7 Å². The predicted octanol–water partition coefficient (Wildman–Crippen LogP) is -1.13. The molecule has 0 saturated carbocycles. The minimum atomic E-state index is 0.330. The standard InChI is InChI=1S/C20H30N6O3/c1-3-4-17(20-21-22-23-26(20)11-12-27-2)25-9-7-24(8-10-25)14-16-5-6-18-19(13-16)29-15-28-18/h5-6,13,17H,3-4,7-12,14-15H2,1-2H3/p+2/t17-/m0/s1. The number of fused-ring (bicyclic) bond motifs is 1. The minimum absolute atomic E-state index is 0.330. The van der Waals surface area contributed by atoms with Crippen LogP contribution in [-0.4, -0.2) is 66.9 Å². The van der Waals surface area contributed by atoms with Gasteiger partial charge in [0.15, 0.2) is 11.5 Å². The first kappa shape index (κ1) is 20.1. The van der Waals surface area contributed by atoms with Gasteiger partial charge in [-0.25, -0.2) is 4.68 Å². The van der Waals surface area contributed by atoms with Crippen LogP contribution in [0.1, 0.15) is 37.2 Å². The molecule has 29 heavy (non-hydrogen) atoms. The zero-order valence-corrected chi connectivity index (χ0v) is 17.4. The fraction of sp³-hybridized carbons (Fsp3) is 0.650. The summed E-state index contributed by atoms with van der Waals surface area (Å²) in [4.78, 5) is 3.21. The van der Waals surface area contributed by atoms with E-state index in [-0.39, 0.29) is 0 Å². The third-order valence-corrected chi connectivity index (χ3v) is 5.94. The van der Waals surface area contributed by atoms with Crippen LogP contribution in [0.25, 0.3) is 0 Å². The lowest BCUT2D eigenvalue weighted by Crippen LogP contribution is -3.27. The molecule has 3 heterocycles. The van der Waals surface area contributed by atoms with Gasteiger partial charge in [-0.2, -0.15) is 0 Å². The summed E-state index contributed by atoms with van der Waals surface area (Å²) >= 11 is 0. The Kier molecular flexibility index (Phi) is 6.58. The third-order valence-electron chi connectivity index (χ3n) is 5.94. The molecule has 0 bridgehead atoms. The van der Waals surface area contributed by atoms with Gasteiger partial charge < -0.3 is 24.0 Å². The second-order valence-corrected chi connectivity index (χ2v) is 7.87. The van der Waals surface area contributed by atoms with E-state index in [2.05, 4.69) is 34.6 Å². The Morgan fingerprint density at radius 1 is 1.17 bits per heavy atom. The van der Waals surface area contributed by atoms with Crippen molar-refractivity contribution in [3.8, 4) is 11.5 Å². The number of benzene rings is 1. The number of piperazine rings is 1. The second kappa shape index (κ2) is 9.51. The predicted molar refractivity (Wildman–Crippen MR) is 105 cm³/mol. The zero-order chi connectivity index (χ0) is 20.1. The normalized spacial score (nSPS) is 22.0. The smallest absolute Gasteiger partial charge is 0.231 e. The molecule has 2 aliphatic rings. The molecule has 0 radical (unpaired) electrons. The molecule has 9 heteroatoms. The highest BCUT2D eigenvalue weighted by atomic mass is 16.7. The van der Waals surface area contributed by atoms with E-state index in [0.29, 0.717) is 26.0 Å². The number of ether oxygens (including phenoxy) is 3. The summed E-state index contributed by atoms with van der Waals surface area (Å²) in [6, 6.07) is 6.65. The molecule has 2 aliphatic heterocycles. The van der Waals surface area contributed by atoms with Crippen LogP contribution in [0, 0.1) is 0 Å². The molecule has 9 nitrogen and oxygen atoms in total. The maximum absolute atomic E-state index is 5.52. The maximum atomic E-state index is 5.52. The number of nitrogens with one attached hydrogen (secondary N) is 2. The van der Waals surface area contributed by atoms with Crippen LogP contribution in [0.4, 0.5) is 0 Å². The lowest BCUT2D eigenvalue weighted by molar-refractivity contribution is -1.03. The van der Waals surface area contributed by atoms with Crippen LogP contribution in [0.2, 0.25) is 0 Å². The van der Waals surface area contributed by atoms with Gasteiger partial charge in [0.05, 0.1) is 13.2 Å². The summed E-state index contributed by atoms with van der Waals surface area (Å²) in [5.41, 5.74) is 1.31. The van der Waals surface area contributed by atoms with Gasteiger partial charge in [-0.15, -0.1) is 5.10 Å². The molecule has 2 N–H and O–H groups in total. The molecule has 2 aromatic rings. The molecule has 158 valence electrons. The lowest BCUT2D eigenvalue weighted by atomic mass is 10.1. The molecule has 1 saturated heterocycles. The SMILES string of the molecule is CCC[C@@H](c1nnnn1CCOC)[NH+]1CC[NH+](Cc2ccc3c(c2)OCO3)CC1. The van der Waals surface area contributed by atoms with Crippen molar-refractivity contribution in [2.24, 2.45) is 0 Å². The first-order chi connectivity index (χ1) is 14.3. The highest BCUT2D eigenvalue weighted by Gasteiger charge is 2.33. The van der Waals surface area contributed by atoms with Gasteiger partial charge in [-0.3, -0.25) is 0 Å². The van der Waals surface area contributed by atoms with E-state index >= 15 is 0 Å². The Labute approximate surface area is 171 Å². The summed E-state index contributed by atoms with van der Waals surface area (Å²) in [6.45, 7) is 9.45. The number of tetrazole rings is 1. The van der Waals surface area contributed by atoms with Gasteiger partial charge in [0.2, 0.25) is 12.6 Å². The van der Waals surface area contributed by atoms with Crippen molar-refractivity contribution in [3.05, 3.63) is 29.6 Å². The molecule has 0 aliphatic carbocycles. The molecule has 1 fully saturated rings. The summed E-state index contributed by atoms with van der Waals surface area (Å²) < 4.78 is 18.1. The first-order valence-electron chi connectivity index (χ1n) is 10.6. The fourth-order valence-electron chi connectivity index (χ4n) is 4.39. The fourth-order valence-corrected chi connectivity index (χ4v) is 4.39. The number of rotatable bonds is 9.